The van der Waals surface area contributed by atoms with Gasteiger partial charge in [-0.15, -0.1) is 0 Å². The van der Waals surface area contributed by atoms with Crippen LogP contribution in [0, 0.1) is 5.41 Å². The Morgan fingerprint density at radius 3 is 2.40 bits per heavy atom. The van der Waals surface area contributed by atoms with Crippen LogP contribution in [-0.4, -0.2) is 54.2 Å². The van der Waals surface area contributed by atoms with Gasteiger partial charge in [-0.2, -0.15) is 0 Å². The first-order chi connectivity index (χ1) is 11.5. The van der Waals surface area contributed by atoms with Crippen LogP contribution in [0.4, 0.5) is 0 Å². The van der Waals surface area contributed by atoms with Gasteiger partial charge in [0.1, 0.15) is 29.7 Å². The molecule has 0 bridgehead atoms. The van der Waals surface area contributed by atoms with Crippen molar-refractivity contribution in [3.05, 3.63) is 0 Å². The van der Waals surface area contributed by atoms with Gasteiger partial charge in [-0.3, -0.25) is 9.59 Å². The maximum absolute atomic E-state index is 12.4. The molecule has 2 heterocycles. The van der Waals surface area contributed by atoms with Crippen molar-refractivity contribution < 1.29 is 38.1 Å². The Kier molecular flexibility index (Phi) is 5.34. The van der Waals surface area contributed by atoms with Crippen LogP contribution in [0.3, 0.4) is 0 Å². The van der Waals surface area contributed by atoms with E-state index in [1.165, 1.54) is 20.8 Å². The van der Waals surface area contributed by atoms with Crippen LogP contribution in [0.1, 0.15) is 47.5 Å². The molecule has 0 radical (unpaired) electrons. The van der Waals surface area contributed by atoms with E-state index < -0.39 is 41.5 Å². The second-order valence-electron chi connectivity index (χ2n) is 7.18. The Bertz CT molecular complexity index is 595. The van der Waals surface area contributed by atoms with Crippen LogP contribution in [0.5, 0.6) is 0 Å². The zero-order chi connectivity index (χ0) is 19.0. The van der Waals surface area contributed by atoms with Crippen LogP contribution in [0.15, 0.2) is 0 Å². The van der Waals surface area contributed by atoms with Gasteiger partial charge in [-0.1, -0.05) is 0 Å². The molecule has 0 saturated carbocycles. The third-order valence-corrected chi connectivity index (χ3v) is 4.58. The Morgan fingerprint density at radius 1 is 1.20 bits per heavy atom. The minimum atomic E-state index is -1.42. The molecule has 8 nitrogen and oxygen atoms in total. The van der Waals surface area contributed by atoms with Crippen molar-refractivity contribution in [2.75, 3.05) is 6.61 Å². The SMILES string of the molecule is CC(=O)CCC(C)(C(C)=O)C(=O)OC[C@H]1OC(=O)[C@@H]2OC(C)(C)O[C@H]12. The highest BCUT2D eigenvalue weighted by Crippen LogP contribution is 2.36. The highest BCUT2D eigenvalue weighted by atomic mass is 16.8. The minimum absolute atomic E-state index is 0.0691. The van der Waals surface area contributed by atoms with Gasteiger partial charge in [-0.05, 0) is 41.0 Å². The molecular formula is C17H24O8. The molecule has 2 aliphatic rings. The lowest BCUT2D eigenvalue weighted by molar-refractivity contribution is -0.192. The Labute approximate surface area is 146 Å². The van der Waals surface area contributed by atoms with E-state index in [1.807, 2.05) is 0 Å². The summed E-state index contributed by atoms with van der Waals surface area (Å²) in [6, 6.07) is 0. The normalized spacial score (nSPS) is 29.5. The van der Waals surface area contributed by atoms with E-state index in [2.05, 4.69) is 0 Å². The predicted octanol–water partition coefficient (Wildman–Crippen LogP) is 0.940. The largest absolute Gasteiger partial charge is 0.461 e. The van der Waals surface area contributed by atoms with Crippen molar-refractivity contribution in [2.24, 2.45) is 5.41 Å². The fraction of sp³-hybridized carbons (Fsp3) is 0.765. The second kappa shape index (κ2) is 6.84. The molecular weight excluding hydrogens is 332 g/mol. The number of esters is 2. The monoisotopic (exact) mass is 356 g/mol. The zero-order valence-corrected chi connectivity index (χ0v) is 15.1. The minimum Gasteiger partial charge on any atom is -0.461 e. The quantitative estimate of drug-likeness (QED) is 0.490. The summed E-state index contributed by atoms with van der Waals surface area (Å²) in [6.45, 7) is 7.23. The molecule has 4 atom stereocenters. The van der Waals surface area contributed by atoms with Crippen molar-refractivity contribution in [1.29, 1.82) is 0 Å². The molecule has 25 heavy (non-hydrogen) atoms. The molecule has 140 valence electrons. The fourth-order valence-corrected chi connectivity index (χ4v) is 2.82. The van der Waals surface area contributed by atoms with Gasteiger partial charge >= 0.3 is 11.9 Å². The van der Waals surface area contributed by atoms with Gasteiger partial charge in [0.05, 0.1) is 0 Å². The van der Waals surface area contributed by atoms with Gasteiger partial charge in [-0.25, -0.2) is 4.79 Å². The van der Waals surface area contributed by atoms with Crippen molar-refractivity contribution in [2.45, 2.75) is 71.6 Å². The summed E-state index contributed by atoms with van der Waals surface area (Å²) in [6.07, 6.45) is -2.15. The van der Waals surface area contributed by atoms with E-state index in [0.717, 1.165) is 0 Å². The molecule has 2 rings (SSSR count). The molecule has 0 aromatic heterocycles. The van der Waals surface area contributed by atoms with Crippen LogP contribution < -0.4 is 0 Å². The number of carbonyl (C=O) groups is 4. The highest BCUT2D eigenvalue weighted by Gasteiger charge is 2.56. The van der Waals surface area contributed by atoms with E-state index in [1.54, 1.807) is 13.8 Å². The van der Waals surface area contributed by atoms with E-state index in [9.17, 15) is 19.2 Å². The number of fused-ring (bicyclic) bond motifs is 1. The van der Waals surface area contributed by atoms with E-state index in [-0.39, 0.29) is 31.0 Å². The Balaban J connectivity index is 1.99. The van der Waals surface area contributed by atoms with Crippen LogP contribution in [0.2, 0.25) is 0 Å². The number of hydrogen-bond donors (Lipinski definition) is 0. The average molecular weight is 356 g/mol. The first-order valence-corrected chi connectivity index (χ1v) is 8.20. The molecule has 1 unspecified atom stereocenters. The highest BCUT2D eigenvalue weighted by molar-refractivity contribution is 6.02. The summed E-state index contributed by atoms with van der Waals surface area (Å²) >= 11 is 0. The summed E-state index contributed by atoms with van der Waals surface area (Å²) in [5, 5.41) is 0. The summed E-state index contributed by atoms with van der Waals surface area (Å²) in [4.78, 5) is 47.3. The molecule has 8 heteroatoms. The third kappa shape index (κ3) is 4.07. The molecule has 0 amide bonds. The predicted molar refractivity (Wildman–Crippen MR) is 83.4 cm³/mol. The van der Waals surface area contributed by atoms with Gasteiger partial charge in [0.2, 0.25) is 0 Å². The Morgan fingerprint density at radius 2 is 1.84 bits per heavy atom. The maximum Gasteiger partial charge on any atom is 0.338 e. The summed E-state index contributed by atoms with van der Waals surface area (Å²) < 4.78 is 21.5. The summed E-state index contributed by atoms with van der Waals surface area (Å²) in [5.74, 6) is -2.75. The smallest absolute Gasteiger partial charge is 0.338 e. The van der Waals surface area contributed by atoms with Gasteiger partial charge in [0.25, 0.3) is 0 Å². The number of rotatable bonds is 7. The van der Waals surface area contributed by atoms with Crippen molar-refractivity contribution in [3.8, 4) is 0 Å². The third-order valence-electron chi connectivity index (χ3n) is 4.58. The van der Waals surface area contributed by atoms with Gasteiger partial charge in [0.15, 0.2) is 18.0 Å². The first-order valence-electron chi connectivity index (χ1n) is 8.20. The number of cyclic esters (lactones) is 1. The lowest BCUT2D eigenvalue weighted by atomic mass is 9.81. The fourth-order valence-electron chi connectivity index (χ4n) is 2.82. The Hall–Kier alpha value is -1.80. The molecule has 0 aliphatic carbocycles. The van der Waals surface area contributed by atoms with Crippen molar-refractivity contribution in [1.82, 2.24) is 0 Å². The van der Waals surface area contributed by atoms with Gasteiger partial charge < -0.3 is 23.7 Å². The lowest BCUT2D eigenvalue weighted by Gasteiger charge is -2.26. The maximum atomic E-state index is 12.4. The molecule has 0 aromatic rings. The number of Topliss-reactive ketones (excluding diaryl/α,β-unsaturated/α-hetero) is 2. The number of ketones is 2. The molecule has 2 fully saturated rings. The van der Waals surface area contributed by atoms with Gasteiger partial charge in [0, 0.05) is 6.42 Å². The molecule has 0 aromatic carbocycles. The lowest BCUT2D eigenvalue weighted by Crippen LogP contribution is -2.40. The van der Waals surface area contributed by atoms with E-state index in [0.29, 0.717) is 0 Å². The van der Waals surface area contributed by atoms with Crippen LogP contribution in [0.25, 0.3) is 0 Å². The van der Waals surface area contributed by atoms with E-state index >= 15 is 0 Å². The molecule has 2 aliphatic heterocycles. The number of ether oxygens (including phenoxy) is 4. The first kappa shape index (κ1) is 19.5. The second-order valence-corrected chi connectivity index (χ2v) is 7.18. The number of carbonyl (C=O) groups excluding carboxylic acids is 4. The topological polar surface area (TPSA) is 105 Å². The molecule has 0 spiro atoms. The zero-order valence-electron chi connectivity index (χ0n) is 15.1. The molecule has 2 saturated heterocycles. The van der Waals surface area contributed by atoms with Crippen molar-refractivity contribution in [3.63, 3.8) is 0 Å². The van der Waals surface area contributed by atoms with Crippen LogP contribution >= 0.6 is 0 Å². The van der Waals surface area contributed by atoms with Crippen molar-refractivity contribution >= 4 is 23.5 Å². The number of hydrogen-bond acceptors (Lipinski definition) is 8. The summed E-state index contributed by atoms with van der Waals surface area (Å²) in [7, 11) is 0. The summed E-state index contributed by atoms with van der Waals surface area (Å²) in [5.41, 5.74) is -1.42. The van der Waals surface area contributed by atoms with Crippen LogP contribution in [-0.2, 0) is 38.1 Å². The molecule has 0 N–H and O–H groups in total. The van der Waals surface area contributed by atoms with E-state index in [4.69, 9.17) is 18.9 Å². The average Bonchev–Trinajstić information content (AvgIpc) is 2.96. The standard InChI is InChI=1S/C17H24O8/c1-9(18)6-7-17(5,10(2)19)15(21)22-8-11-12-13(14(20)23-11)25-16(3,4)24-12/h11-13H,6-8H2,1-5H3/t11-,12-,13-,17?/m1/s1.